The smallest absolute Gasteiger partial charge is 0.264 e. The molecule has 0 aromatic heterocycles. The van der Waals surface area contributed by atoms with Gasteiger partial charge in [-0.15, -0.1) is 0 Å². The van der Waals surface area contributed by atoms with E-state index < -0.39 is 10.4 Å². The number of unbranched alkanes of at least 4 members (excludes halogenated alkanes) is 17. The van der Waals surface area contributed by atoms with Gasteiger partial charge in [0.25, 0.3) is 0 Å². The van der Waals surface area contributed by atoms with E-state index in [0.717, 1.165) is 12.8 Å². The molecule has 26 heavy (non-hydrogen) atoms. The number of hydrogen-bond acceptors (Lipinski definition) is 3. The molecule has 0 aliphatic rings. The summed E-state index contributed by atoms with van der Waals surface area (Å²) in [6, 6.07) is 0. The van der Waals surface area contributed by atoms with E-state index in [1.165, 1.54) is 96.3 Å². The van der Waals surface area contributed by atoms with Gasteiger partial charge in [-0.3, -0.25) is 4.55 Å². The third-order valence-electron chi connectivity index (χ3n) is 4.73. The molecule has 0 spiro atoms. The molecule has 6 heteroatoms. The zero-order valence-corrected chi connectivity index (χ0v) is 19.5. The predicted molar refractivity (Wildman–Crippen MR) is 112 cm³/mol. The van der Waals surface area contributed by atoms with E-state index in [0.29, 0.717) is 6.42 Å². The Hall–Kier alpha value is 0.636. The molecule has 0 unspecified atom stereocenters. The van der Waals surface area contributed by atoms with Gasteiger partial charge in [0.15, 0.2) is 0 Å². The van der Waals surface area contributed by atoms with Crippen molar-refractivity contribution in [1.29, 1.82) is 0 Å². The summed E-state index contributed by atoms with van der Waals surface area (Å²) in [6.45, 7) is 2.37. The van der Waals surface area contributed by atoms with Crippen molar-refractivity contribution in [2.45, 2.75) is 122 Å². The van der Waals surface area contributed by atoms with Crippen molar-refractivity contribution in [3.8, 4) is 0 Å². The monoisotopic (exact) mass is 402 g/mol. The summed E-state index contributed by atoms with van der Waals surface area (Å²) in [6.07, 6.45) is 23.4. The first-order valence-corrected chi connectivity index (χ1v) is 12.0. The Balaban J connectivity index is 0. The van der Waals surface area contributed by atoms with Crippen LogP contribution in [0.3, 0.4) is 0 Å². The molecular formula is C20H42MgO4S+2. The van der Waals surface area contributed by atoms with Crippen molar-refractivity contribution >= 4 is 33.5 Å². The fourth-order valence-electron chi connectivity index (χ4n) is 3.17. The van der Waals surface area contributed by atoms with E-state index in [1.54, 1.807) is 0 Å². The van der Waals surface area contributed by atoms with Crippen LogP contribution >= 0.6 is 0 Å². The first-order chi connectivity index (χ1) is 12.1. The zero-order chi connectivity index (χ0) is 18.6. The molecule has 0 aliphatic carbocycles. The number of hydrogen-bond donors (Lipinski definition) is 1. The van der Waals surface area contributed by atoms with Crippen LogP contribution in [0.5, 0.6) is 0 Å². The Morgan fingerprint density at radius 2 is 0.846 bits per heavy atom. The van der Waals surface area contributed by atoms with Crippen LogP contribution in [0, 0.1) is 0 Å². The molecule has 0 amide bonds. The molecule has 0 heterocycles. The van der Waals surface area contributed by atoms with Crippen molar-refractivity contribution < 1.29 is 17.2 Å². The van der Waals surface area contributed by atoms with Gasteiger partial charge in [0.05, 0.1) is 6.61 Å². The van der Waals surface area contributed by atoms with Gasteiger partial charge in [-0.1, -0.05) is 116 Å². The molecule has 0 aromatic rings. The van der Waals surface area contributed by atoms with Crippen molar-refractivity contribution in [2.24, 2.45) is 0 Å². The fraction of sp³-hybridized carbons (Fsp3) is 1.00. The van der Waals surface area contributed by atoms with Crippen LogP contribution in [0.2, 0.25) is 0 Å². The van der Waals surface area contributed by atoms with E-state index in [-0.39, 0.29) is 29.7 Å². The largest absolute Gasteiger partial charge is 2.00 e. The molecule has 1 N–H and O–H groups in total. The SMILES string of the molecule is CCCCCCCCCCCCCCCCCCCCOS(=O)(=O)O.[Mg+2]. The van der Waals surface area contributed by atoms with Crippen LogP contribution in [0.25, 0.3) is 0 Å². The second-order valence-electron chi connectivity index (χ2n) is 7.26. The van der Waals surface area contributed by atoms with Gasteiger partial charge in [0.1, 0.15) is 0 Å². The van der Waals surface area contributed by atoms with Gasteiger partial charge < -0.3 is 0 Å². The first-order valence-electron chi connectivity index (χ1n) is 10.7. The van der Waals surface area contributed by atoms with Crippen molar-refractivity contribution in [1.82, 2.24) is 0 Å². The molecule has 0 aromatic carbocycles. The second-order valence-corrected chi connectivity index (χ2v) is 8.35. The van der Waals surface area contributed by atoms with Gasteiger partial charge >= 0.3 is 33.5 Å². The summed E-state index contributed by atoms with van der Waals surface area (Å²) in [7, 11) is -4.25. The Bertz CT molecular complexity index is 361. The summed E-state index contributed by atoms with van der Waals surface area (Å²) in [5.74, 6) is 0. The van der Waals surface area contributed by atoms with Crippen molar-refractivity contribution in [3.63, 3.8) is 0 Å². The predicted octanol–water partition coefficient (Wildman–Crippen LogP) is 6.47. The van der Waals surface area contributed by atoms with Gasteiger partial charge in [0, 0.05) is 0 Å². The molecule has 0 radical (unpaired) electrons. The molecular weight excluding hydrogens is 361 g/mol. The molecule has 0 saturated carbocycles. The summed E-state index contributed by atoms with van der Waals surface area (Å²) >= 11 is 0. The maximum atomic E-state index is 10.3. The van der Waals surface area contributed by atoms with E-state index in [4.69, 9.17) is 4.55 Å². The molecule has 0 aliphatic heterocycles. The maximum Gasteiger partial charge on any atom is 2.00 e. The van der Waals surface area contributed by atoms with Crippen molar-refractivity contribution in [2.75, 3.05) is 6.61 Å². The van der Waals surface area contributed by atoms with Crippen molar-refractivity contribution in [3.05, 3.63) is 0 Å². The molecule has 4 nitrogen and oxygen atoms in total. The quantitative estimate of drug-likeness (QED) is 0.144. The molecule has 0 atom stereocenters. The minimum atomic E-state index is -4.25. The maximum absolute atomic E-state index is 10.3. The van der Waals surface area contributed by atoms with Crippen LogP contribution < -0.4 is 0 Å². The van der Waals surface area contributed by atoms with Gasteiger partial charge in [-0.05, 0) is 6.42 Å². The minimum absolute atomic E-state index is 0. The van der Waals surface area contributed by atoms with Gasteiger partial charge in [-0.25, -0.2) is 4.18 Å². The van der Waals surface area contributed by atoms with E-state index in [1.807, 2.05) is 0 Å². The normalized spacial score (nSPS) is 11.5. The Morgan fingerprint density at radius 3 is 1.12 bits per heavy atom. The summed E-state index contributed by atoms with van der Waals surface area (Å²) in [5, 5.41) is 0. The minimum Gasteiger partial charge on any atom is -0.264 e. The molecule has 0 saturated heterocycles. The van der Waals surface area contributed by atoms with Gasteiger partial charge in [0.2, 0.25) is 0 Å². The molecule has 0 fully saturated rings. The average Bonchev–Trinajstić information content (AvgIpc) is 2.56. The molecule has 0 bridgehead atoms. The molecule has 0 rings (SSSR count). The van der Waals surface area contributed by atoms with Crippen LogP contribution in [0.15, 0.2) is 0 Å². The summed E-state index contributed by atoms with van der Waals surface area (Å²) in [4.78, 5) is 0. The van der Waals surface area contributed by atoms with Crippen LogP contribution in [-0.4, -0.2) is 42.6 Å². The number of rotatable bonds is 20. The third-order valence-corrected chi connectivity index (χ3v) is 5.19. The average molecular weight is 403 g/mol. The van der Waals surface area contributed by atoms with Gasteiger partial charge in [-0.2, -0.15) is 8.42 Å². The molecule has 152 valence electrons. The Labute approximate surface area is 179 Å². The van der Waals surface area contributed by atoms with E-state index in [2.05, 4.69) is 11.1 Å². The standard InChI is InChI=1S/C20H42O4S.Mg/c1-2-3-4-5-6-7-8-9-10-11-12-13-14-15-16-17-18-19-20-24-25(21,22)23;/h2-20H2,1H3,(H,21,22,23);/q;+2. The Kier molecular flexibility index (Phi) is 24.3. The van der Waals surface area contributed by atoms with Crippen LogP contribution in [0.4, 0.5) is 0 Å². The van der Waals surface area contributed by atoms with Crippen LogP contribution in [-0.2, 0) is 14.6 Å². The topological polar surface area (TPSA) is 63.6 Å². The summed E-state index contributed by atoms with van der Waals surface area (Å²) < 4.78 is 33.4. The zero-order valence-electron chi connectivity index (χ0n) is 17.2. The van der Waals surface area contributed by atoms with Crippen LogP contribution in [0.1, 0.15) is 122 Å². The van der Waals surface area contributed by atoms with E-state index >= 15 is 0 Å². The van der Waals surface area contributed by atoms with E-state index in [9.17, 15) is 8.42 Å². The summed E-state index contributed by atoms with van der Waals surface area (Å²) in [5.41, 5.74) is 0. The third kappa shape index (κ3) is 26.9. The first kappa shape index (κ1) is 28.8. The second kappa shape index (κ2) is 21.9. The fourth-order valence-corrected chi connectivity index (χ4v) is 3.50. The Morgan fingerprint density at radius 1 is 0.577 bits per heavy atom.